The Kier molecular flexibility index (Phi) is 4.92. The predicted octanol–water partition coefficient (Wildman–Crippen LogP) is 7.05. The lowest BCUT2D eigenvalue weighted by Gasteiger charge is -2.12. The number of rotatable bonds is 3. The third-order valence-corrected chi connectivity index (χ3v) is 6.53. The molecule has 0 N–H and O–H groups in total. The van der Waals surface area contributed by atoms with E-state index in [1.165, 1.54) is 0 Å². The van der Waals surface area contributed by atoms with Crippen LogP contribution in [0.25, 0.3) is 44.2 Å². The number of pyridine rings is 2. The largest absolute Gasteiger partial charge is 0.437 e. The summed E-state index contributed by atoms with van der Waals surface area (Å²) >= 11 is 0. The summed E-state index contributed by atoms with van der Waals surface area (Å²) in [6.45, 7) is 6.08. The first kappa shape index (κ1) is 21.4. The highest BCUT2D eigenvalue weighted by atomic mass is 19.4. The molecule has 3 aromatic heterocycles. The van der Waals surface area contributed by atoms with Crippen LogP contribution in [0.4, 0.5) is 13.2 Å². The molecule has 0 amide bonds. The Labute approximate surface area is 189 Å². The van der Waals surface area contributed by atoms with Gasteiger partial charge in [-0.25, -0.2) is 4.98 Å². The second-order valence-electron chi connectivity index (χ2n) is 8.72. The van der Waals surface area contributed by atoms with Gasteiger partial charge in [-0.1, -0.05) is 12.1 Å². The quantitative estimate of drug-likeness (QED) is 0.276. The van der Waals surface area contributed by atoms with Gasteiger partial charge in [-0.15, -0.1) is 0 Å². The SMILES string of the molecule is Cc1ccc2c(n1)oc1c(-c3ccc4c(CCC(F)(F)F)cccc4[n+]3C)c(C)c(C)cc12. The van der Waals surface area contributed by atoms with Crippen LogP contribution in [0, 0.1) is 20.8 Å². The fourth-order valence-corrected chi connectivity index (χ4v) is 4.65. The standard InChI is InChI=1S/C27H24F3N2O/c1-15-14-21-20-9-8-16(2)31-26(20)33-25(21)24(17(15)3)23-11-10-19-18(12-13-27(28,29)30)6-5-7-22(19)32(23)4/h5-11,14H,12-13H2,1-4H3/q+1. The van der Waals surface area contributed by atoms with E-state index in [0.29, 0.717) is 11.3 Å². The van der Waals surface area contributed by atoms with Crippen LogP contribution in [0.5, 0.6) is 0 Å². The number of aromatic nitrogens is 2. The molecule has 0 fully saturated rings. The van der Waals surface area contributed by atoms with Gasteiger partial charge in [-0.05, 0) is 68.1 Å². The number of aryl methyl sites for hydroxylation is 4. The lowest BCUT2D eigenvalue weighted by Crippen LogP contribution is -2.32. The zero-order chi connectivity index (χ0) is 23.5. The smallest absolute Gasteiger partial charge is 0.389 e. The third kappa shape index (κ3) is 3.63. The van der Waals surface area contributed by atoms with Gasteiger partial charge in [-0.3, -0.25) is 0 Å². The zero-order valence-electron chi connectivity index (χ0n) is 19.0. The number of furan rings is 1. The van der Waals surface area contributed by atoms with Crippen LogP contribution in [-0.4, -0.2) is 11.2 Å². The first-order valence-electron chi connectivity index (χ1n) is 10.9. The monoisotopic (exact) mass is 449 g/mol. The first-order chi connectivity index (χ1) is 15.6. The number of alkyl halides is 3. The van der Waals surface area contributed by atoms with Crippen molar-refractivity contribution in [3.8, 4) is 11.3 Å². The van der Waals surface area contributed by atoms with Crippen molar-refractivity contribution in [1.29, 1.82) is 0 Å². The highest BCUT2D eigenvalue weighted by Gasteiger charge is 2.28. The van der Waals surface area contributed by atoms with Crippen LogP contribution < -0.4 is 4.57 Å². The molecular weight excluding hydrogens is 425 g/mol. The van der Waals surface area contributed by atoms with Gasteiger partial charge in [-0.2, -0.15) is 17.7 Å². The highest BCUT2D eigenvalue weighted by molar-refractivity contribution is 6.09. The summed E-state index contributed by atoms with van der Waals surface area (Å²) in [7, 11) is 1.95. The minimum atomic E-state index is -4.18. The van der Waals surface area contributed by atoms with E-state index in [1.807, 2.05) is 54.9 Å². The van der Waals surface area contributed by atoms with Crippen LogP contribution >= 0.6 is 0 Å². The van der Waals surface area contributed by atoms with Crippen molar-refractivity contribution in [3.05, 3.63) is 70.9 Å². The molecule has 0 aliphatic rings. The summed E-state index contributed by atoms with van der Waals surface area (Å²) in [6.07, 6.45) is -5.05. The Balaban J connectivity index is 1.75. The van der Waals surface area contributed by atoms with E-state index >= 15 is 0 Å². The summed E-state index contributed by atoms with van der Waals surface area (Å²) in [6, 6.07) is 15.6. The summed E-state index contributed by atoms with van der Waals surface area (Å²) in [4.78, 5) is 4.57. The van der Waals surface area contributed by atoms with Crippen molar-refractivity contribution in [1.82, 2.24) is 4.98 Å². The van der Waals surface area contributed by atoms with Gasteiger partial charge in [0.1, 0.15) is 7.05 Å². The molecule has 0 aliphatic heterocycles. The van der Waals surface area contributed by atoms with Crippen LogP contribution in [0.15, 0.2) is 52.9 Å². The Morgan fingerprint density at radius 2 is 1.70 bits per heavy atom. The number of hydrogen-bond acceptors (Lipinski definition) is 2. The summed E-state index contributed by atoms with van der Waals surface area (Å²) < 4.78 is 46.8. The summed E-state index contributed by atoms with van der Waals surface area (Å²) in [5.74, 6) is 0. The summed E-state index contributed by atoms with van der Waals surface area (Å²) in [5.41, 5.74) is 8.00. The molecular formula is C27H24F3N2O+. The van der Waals surface area contributed by atoms with Crippen molar-refractivity contribution in [2.75, 3.05) is 0 Å². The molecule has 5 aromatic rings. The minimum Gasteiger partial charge on any atom is -0.437 e. The molecule has 3 nitrogen and oxygen atoms in total. The Morgan fingerprint density at radius 1 is 0.939 bits per heavy atom. The summed E-state index contributed by atoms with van der Waals surface area (Å²) in [5, 5.41) is 2.81. The lowest BCUT2D eigenvalue weighted by atomic mass is 9.95. The Hall–Kier alpha value is -3.41. The minimum absolute atomic E-state index is 0.0392. The van der Waals surface area contributed by atoms with E-state index < -0.39 is 12.6 Å². The maximum atomic E-state index is 12.8. The van der Waals surface area contributed by atoms with E-state index in [2.05, 4.69) is 24.9 Å². The fourth-order valence-electron chi connectivity index (χ4n) is 4.65. The number of nitrogens with zero attached hydrogens (tertiary/aromatic N) is 2. The number of benzene rings is 2. The lowest BCUT2D eigenvalue weighted by molar-refractivity contribution is -0.633. The van der Waals surface area contributed by atoms with E-state index in [-0.39, 0.29) is 6.42 Å². The van der Waals surface area contributed by atoms with Crippen molar-refractivity contribution >= 4 is 33.0 Å². The highest BCUT2D eigenvalue weighted by Crippen LogP contribution is 2.38. The molecule has 0 atom stereocenters. The molecule has 168 valence electrons. The second-order valence-corrected chi connectivity index (χ2v) is 8.72. The van der Waals surface area contributed by atoms with Gasteiger partial charge in [0.2, 0.25) is 16.9 Å². The molecule has 0 unspecified atom stereocenters. The van der Waals surface area contributed by atoms with Crippen LogP contribution in [0.3, 0.4) is 0 Å². The molecule has 0 saturated heterocycles. The van der Waals surface area contributed by atoms with Gasteiger partial charge in [0, 0.05) is 40.4 Å². The number of halogens is 3. The Bertz CT molecular complexity index is 1550. The van der Waals surface area contributed by atoms with Gasteiger partial charge >= 0.3 is 6.18 Å². The Morgan fingerprint density at radius 3 is 2.45 bits per heavy atom. The predicted molar refractivity (Wildman–Crippen MR) is 124 cm³/mol. The van der Waals surface area contributed by atoms with E-state index in [1.54, 1.807) is 6.07 Å². The molecule has 0 radical (unpaired) electrons. The second kappa shape index (κ2) is 7.58. The third-order valence-electron chi connectivity index (χ3n) is 6.53. The van der Waals surface area contributed by atoms with Crippen molar-refractivity contribution in [2.24, 2.45) is 7.05 Å². The first-order valence-corrected chi connectivity index (χ1v) is 10.9. The molecule has 3 heterocycles. The normalized spacial score (nSPS) is 12.3. The molecule has 33 heavy (non-hydrogen) atoms. The van der Waals surface area contributed by atoms with Gasteiger partial charge in [0.05, 0.1) is 5.56 Å². The molecule has 0 bridgehead atoms. The topological polar surface area (TPSA) is 29.9 Å². The van der Waals surface area contributed by atoms with Crippen molar-refractivity contribution in [2.45, 2.75) is 39.8 Å². The average molecular weight is 449 g/mol. The van der Waals surface area contributed by atoms with E-state index in [4.69, 9.17) is 4.42 Å². The van der Waals surface area contributed by atoms with E-state index in [0.717, 1.165) is 55.3 Å². The maximum Gasteiger partial charge on any atom is 0.389 e. The van der Waals surface area contributed by atoms with Crippen molar-refractivity contribution in [3.63, 3.8) is 0 Å². The molecule has 2 aromatic carbocycles. The van der Waals surface area contributed by atoms with Crippen LogP contribution in [-0.2, 0) is 13.5 Å². The fraction of sp³-hybridized carbons (Fsp3) is 0.259. The maximum absolute atomic E-state index is 12.8. The molecule has 0 saturated carbocycles. The van der Waals surface area contributed by atoms with Gasteiger partial charge in [0.25, 0.3) is 0 Å². The molecule has 0 spiro atoms. The average Bonchev–Trinajstić information content (AvgIpc) is 3.10. The zero-order valence-corrected chi connectivity index (χ0v) is 19.0. The number of fused-ring (bicyclic) bond motifs is 4. The number of hydrogen-bond donors (Lipinski definition) is 0. The van der Waals surface area contributed by atoms with E-state index in [9.17, 15) is 13.2 Å². The molecule has 0 aliphatic carbocycles. The van der Waals surface area contributed by atoms with Gasteiger partial charge < -0.3 is 4.42 Å². The van der Waals surface area contributed by atoms with Crippen LogP contribution in [0.1, 0.15) is 28.8 Å². The molecule has 5 rings (SSSR count). The van der Waals surface area contributed by atoms with Gasteiger partial charge in [0.15, 0.2) is 5.58 Å². The van der Waals surface area contributed by atoms with Crippen LogP contribution in [0.2, 0.25) is 0 Å². The molecule has 6 heteroatoms. The van der Waals surface area contributed by atoms with Crippen molar-refractivity contribution < 1.29 is 22.2 Å².